The summed E-state index contributed by atoms with van der Waals surface area (Å²) in [6, 6.07) is 7.00. The third-order valence-electron chi connectivity index (χ3n) is 7.48. The maximum Gasteiger partial charge on any atom is 0.459 e. The smallest absolute Gasteiger partial charge is 0.459 e. The number of esters is 1. The summed E-state index contributed by atoms with van der Waals surface area (Å²) >= 11 is 0. The molecule has 1 aromatic carbocycles. The number of unbranched alkanes of at least 4 members (excludes halogenated alkanes) is 2. The Balaban J connectivity index is 1.56. The molecule has 48 heavy (non-hydrogen) atoms. The van der Waals surface area contributed by atoms with Crippen LogP contribution in [0, 0.1) is 6.92 Å². The Morgan fingerprint density at radius 2 is 1.92 bits per heavy atom. The van der Waals surface area contributed by atoms with Gasteiger partial charge in [0.2, 0.25) is 0 Å². The van der Waals surface area contributed by atoms with Gasteiger partial charge in [0.05, 0.1) is 25.6 Å². The zero-order valence-corrected chi connectivity index (χ0v) is 29.1. The summed E-state index contributed by atoms with van der Waals surface area (Å²) in [4.78, 5) is 39.6. The van der Waals surface area contributed by atoms with Crippen molar-refractivity contribution in [2.45, 2.75) is 97.1 Å². The molecule has 0 bridgehead atoms. The number of aliphatic hydroxyl groups excluding tert-OH is 1. The summed E-state index contributed by atoms with van der Waals surface area (Å²) in [5, 5.41) is 13.6. The minimum Gasteiger partial charge on any atom is -0.462 e. The van der Waals surface area contributed by atoms with Gasteiger partial charge >= 0.3 is 19.8 Å². The van der Waals surface area contributed by atoms with E-state index in [4.69, 9.17) is 23.3 Å². The molecule has 4 rings (SSSR count). The molecular weight excluding hydrogens is 650 g/mol. The number of carbonyl (C=O) groups excluding carboxylic acids is 2. The number of carbonyl (C=O) groups is 2. The highest BCUT2D eigenvalue weighted by molar-refractivity contribution is 7.52. The fourth-order valence-electron chi connectivity index (χ4n) is 4.96. The number of nitrogens with one attached hydrogen (secondary N) is 1. The average Bonchev–Trinajstić information content (AvgIpc) is 3.54. The monoisotopic (exact) mass is 694 g/mol. The molecule has 17 heteroatoms. The minimum absolute atomic E-state index is 0.142. The number of aryl methyl sites for hydroxylation is 1. The second-order valence-electron chi connectivity index (χ2n) is 12.0. The Bertz CT molecular complexity index is 1610. The normalized spacial score (nSPS) is 22.8. The number of halogens is 1. The fourth-order valence-corrected chi connectivity index (χ4v) is 6.47. The van der Waals surface area contributed by atoms with Crippen molar-refractivity contribution in [1.29, 1.82) is 0 Å². The Morgan fingerprint density at radius 3 is 2.58 bits per heavy atom. The van der Waals surface area contributed by atoms with Crippen LogP contribution in [0.2, 0.25) is 0 Å². The summed E-state index contributed by atoms with van der Waals surface area (Å²) in [6.45, 7) is 9.20. The maximum atomic E-state index is 16.3. The van der Waals surface area contributed by atoms with Crippen molar-refractivity contribution in [2.24, 2.45) is 0 Å². The molecule has 1 aliphatic heterocycles. The van der Waals surface area contributed by atoms with E-state index in [0.29, 0.717) is 0 Å². The van der Waals surface area contributed by atoms with E-state index in [-0.39, 0.29) is 35.2 Å². The van der Waals surface area contributed by atoms with Crippen LogP contribution in [0.5, 0.6) is 5.75 Å². The number of anilines is 1. The van der Waals surface area contributed by atoms with Crippen LogP contribution in [0.15, 0.2) is 36.7 Å². The van der Waals surface area contributed by atoms with Crippen LogP contribution in [0.25, 0.3) is 11.2 Å². The summed E-state index contributed by atoms with van der Waals surface area (Å²) < 4.78 is 59.4. The molecule has 0 radical (unpaired) electrons. The number of hydrogen-bond donors (Lipinski definition) is 2. The molecule has 0 aliphatic carbocycles. The Hall–Kier alpha value is -3.69. The van der Waals surface area contributed by atoms with E-state index in [9.17, 15) is 19.3 Å². The van der Waals surface area contributed by atoms with Crippen molar-refractivity contribution in [3.8, 4) is 5.75 Å². The number of imidazole rings is 1. The SMILES string of the molecule is CCCCCOC(=O)N(C)c1nc(C)nc2c1ncn2[C@@H]1O[C@H](CO[P@@](=O)(N[C@@H](C)C(=O)OC(C)C)Oc2ccccc2)[C@@H](O)[C@@]1(C)F. The predicted molar refractivity (Wildman–Crippen MR) is 173 cm³/mol. The number of hydrogen-bond acceptors (Lipinski definition) is 12. The van der Waals surface area contributed by atoms with Gasteiger partial charge in [0, 0.05) is 7.05 Å². The molecule has 3 heterocycles. The molecule has 0 saturated carbocycles. The highest BCUT2D eigenvalue weighted by atomic mass is 31.2. The Labute approximate surface area is 278 Å². The molecule has 6 atom stereocenters. The molecule has 2 aromatic heterocycles. The van der Waals surface area contributed by atoms with Crippen LogP contribution < -0.4 is 14.5 Å². The van der Waals surface area contributed by atoms with E-state index in [1.807, 2.05) is 6.92 Å². The third kappa shape index (κ3) is 8.66. The van der Waals surface area contributed by atoms with Crippen molar-refractivity contribution in [1.82, 2.24) is 24.6 Å². The number of nitrogens with zero attached hydrogens (tertiary/aromatic N) is 5. The first kappa shape index (κ1) is 37.1. The molecule has 1 saturated heterocycles. The van der Waals surface area contributed by atoms with Crippen molar-refractivity contribution in [3.63, 3.8) is 0 Å². The van der Waals surface area contributed by atoms with Gasteiger partial charge < -0.3 is 23.8 Å². The molecule has 0 unspecified atom stereocenters. The minimum atomic E-state index is -4.33. The molecule has 0 spiro atoms. The molecule has 1 aliphatic rings. The lowest BCUT2D eigenvalue weighted by Gasteiger charge is -2.25. The number of amides is 1. The topological polar surface area (TPSA) is 176 Å². The second kappa shape index (κ2) is 15.7. The van der Waals surface area contributed by atoms with Gasteiger partial charge in [0.25, 0.3) is 0 Å². The van der Waals surface area contributed by atoms with Crippen molar-refractivity contribution < 1.29 is 46.9 Å². The number of rotatable bonds is 15. The van der Waals surface area contributed by atoms with Gasteiger partial charge in [-0.15, -0.1) is 0 Å². The summed E-state index contributed by atoms with van der Waals surface area (Å²) in [5.74, 6) is -0.118. The van der Waals surface area contributed by atoms with Gasteiger partial charge in [0.15, 0.2) is 28.9 Å². The van der Waals surface area contributed by atoms with Gasteiger partial charge in [-0.25, -0.2) is 28.7 Å². The number of ether oxygens (including phenoxy) is 3. The number of para-hydroxylation sites is 1. The lowest BCUT2D eigenvalue weighted by molar-refractivity contribution is -0.149. The van der Waals surface area contributed by atoms with Crippen molar-refractivity contribution in [2.75, 3.05) is 25.2 Å². The van der Waals surface area contributed by atoms with Gasteiger partial charge in [-0.05, 0) is 53.2 Å². The molecular formula is C31H44FN6O9P. The number of alkyl halides is 1. The Morgan fingerprint density at radius 1 is 1.21 bits per heavy atom. The first-order valence-electron chi connectivity index (χ1n) is 15.8. The van der Waals surface area contributed by atoms with Crippen LogP contribution in [0.1, 0.15) is 65.9 Å². The molecule has 1 amide bonds. The zero-order valence-electron chi connectivity index (χ0n) is 28.2. The largest absolute Gasteiger partial charge is 0.462 e. The first-order valence-corrected chi connectivity index (χ1v) is 17.3. The zero-order chi connectivity index (χ0) is 35.2. The number of benzene rings is 1. The van der Waals surface area contributed by atoms with Crippen LogP contribution >= 0.6 is 7.75 Å². The number of aliphatic hydroxyl groups is 1. The van der Waals surface area contributed by atoms with E-state index in [0.717, 1.165) is 26.2 Å². The van der Waals surface area contributed by atoms with E-state index in [1.54, 1.807) is 39.0 Å². The summed E-state index contributed by atoms with van der Waals surface area (Å²) in [7, 11) is -2.85. The molecule has 3 aromatic rings. The van der Waals surface area contributed by atoms with Crippen LogP contribution in [-0.2, 0) is 28.1 Å². The van der Waals surface area contributed by atoms with E-state index >= 15 is 4.39 Å². The van der Waals surface area contributed by atoms with Crippen molar-refractivity contribution in [3.05, 3.63) is 42.5 Å². The van der Waals surface area contributed by atoms with Gasteiger partial charge in [-0.1, -0.05) is 38.0 Å². The predicted octanol–water partition coefficient (Wildman–Crippen LogP) is 5.02. The standard InChI is InChI=1S/C31H44FN6O9P/c1-8-9-13-16-43-30(41)37(7)26-24-27(35-21(5)34-26)38(18-33-24)29-31(6,32)25(39)23(46-29)17-44-48(42,47-22-14-11-10-12-15-22)36-20(4)28(40)45-19(2)3/h10-12,14-15,18-20,23,25,29,39H,8-9,13,16-17H2,1-7H3,(H,36,42)/t20-,23+,25+,29+,31+,48-/m0/s1. The lowest BCUT2D eigenvalue weighted by Crippen LogP contribution is -2.41. The summed E-state index contributed by atoms with van der Waals surface area (Å²) in [6.07, 6.45) is -1.77. The molecule has 264 valence electrons. The molecule has 15 nitrogen and oxygen atoms in total. The van der Waals surface area contributed by atoms with Gasteiger partial charge in [-0.2, -0.15) is 5.09 Å². The molecule has 1 fully saturated rings. The maximum absolute atomic E-state index is 16.3. The highest BCUT2D eigenvalue weighted by Gasteiger charge is 2.56. The van der Waals surface area contributed by atoms with Gasteiger partial charge in [0.1, 0.15) is 29.8 Å². The number of aromatic nitrogens is 4. The van der Waals surface area contributed by atoms with E-state index < -0.39 is 62.7 Å². The molecule has 2 N–H and O–H groups in total. The third-order valence-corrected chi connectivity index (χ3v) is 9.13. The highest BCUT2D eigenvalue weighted by Crippen LogP contribution is 2.48. The second-order valence-corrected chi connectivity index (χ2v) is 13.6. The van der Waals surface area contributed by atoms with Gasteiger partial charge in [-0.3, -0.25) is 18.8 Å². The summed E-state index contributed by atoms with van der Waals surface area (Å²) in [5.41, 5.74) is -2.10. The van der Waals surface area contributed by atoms with Crippen LogP contribution in [0.4, 0.5) is 15.0 Å². The van der Waals surface area contributed by atoms with E-state index in [1.165, 1.54) is 41.9 Å². The van der Waals surface area contributed by atoms with Crippen LogP contribution in [-0.4, -0.2) is 87.0 Å². The quantitative estimate of drug-likeness (QED) is 0.123. The first-order chi connectivity index (χ1) is 22.7. The van der Waals surface area contributed by atoms with E-state index in [2.05, 4.69) is 20.0 Å². The number of fused-ring (bicyclic) bond motifs is 1. The lowest BCUT2D eigenvalue weighted by atomic mass is 9.98. The Kier molecular flexibility index (Phi) is 12.1. The van der Waals surface area contributed by atoms with Crippen molar-refractivity contribution >= 4 is 36.8 Å². The van der Waals surface area contributed by atoms with Crippen LogP contribution in [0.3, 0.4) is 0 Å². The fraction of sp³-hybridized carbons (Fsp3) is 0.581. The average molecular weight is 695 g/mol.